The molecule has 1 saturated heterocycles. The van der Waals surface area contributed by atoms with Crippen molar-refractivity contribution in [2.75, 3.05) is 19.8 Å². The molecule has 0 aromatic rings. The van der Waals surface area contributed by atoms with Gasteiger partial charge in [-0.2, -0.15) is 0 Å². The van der Waals surface area contributed by atoms with Gasteiger partial charge in [0, 0.05) is 6.54 Å². The van der Waals surface area contributed by atoms with Crippen molar-refractivity contribution in [3.05, 3.63) is 0 Å². The molecule has 0 radical (unpaired) electrons. The van der Waals surface area contributed by atoms with Crippen LogP contribution < -0.4 is 5.32 Å². The molecule has 0 aliphatic carbocycles. The van der Waals surface area contributed by atoms with Crippen LogP contribution >= 0.6 is 0 Å². The molecule has 4 heteroatoms. The molecule has 0 aromatic carbocycles. The summed E-state index contributed by atoms with van der Waals surface area (Å²) in [5.74, 6) is 0. The van der Waals surface area contributed by atoms with Crippen molar-refractivity contribution in [1.29, 1.82) is 0 Å². The summed E-state index contributed by atoms with van der Waals surface area (Å²) in [7, 11) is 0. The molecular weight excluding hydrogens is 144 g/mol. The van der Waals surface area contributed by atoms with E-state index in [-0.39, 0.29) is 0 Å². The van der Waals surface area contributed by atoms with Gasteiger partial charge < -0.3 is 5.11 Å². The molecule has 11 heavy (non-hydrogen) atoms. The van der Waals surface area contributed by atoms with Crippen LogP contribution in [0.3, 0.4) is 0 Å². The molecule has 1 fully saturated rings. The van der Waals surface area contributed by atoms with E-state index < -0.39 is 6.09 Å². The quantitative estimate of drug-likeness (QED) is 0.545. The monoisotopic (exact) mass is 158 g/mol. The van der Waals surface area contributed by atoms with Crippen LogP contribution in [0.1, 0.15) is 19.3 Å². The van der Waals surface area contributed by atoms with Crippen molar-refractivity contribution in [2.45, 2.75) is 19.3 Å². The van der Waals surface area contributed by atoms with Crippen molar-refractivity contribution in [2.24, 2.45) is 0 Å². The Bertz CT molecular complexity index is 130. The second kappa shape index (κ2) is 4.18. The molecule has 1 aliphatic rings. The van der Waals surface area contributed by atoms with Gasteiger partial charge in [0.1, 0.15) is 0 Å². The van der Waals surface area contributed by atoms with Gasteiger partial charge in [0.25, 0.3) is 0 Å². The highest BCUT2D eigenvalue weighted by Gasteiger charge is 2.11. The smallest absolute Gasteiger partial charge is 0.408 e. The summed E-state index contributed by atoms with van der Waals surface area (Å²) in [5, 5.41) is 11.7. The Morgan fingerprint density at radius 1 is 1.36 bits per heavy atom. The van der Waals surface area contributed by atoms with Crippen molar-refractivity contribution in [3.63, 3.8) is 0 Å². The Balaban J connectivity index is 2.32. The lowest BCUT2D eigenvalue weighted by Gasteiger charge is -2.21. The maximum atomic E-state index is 10.5. The summed E-state index contributed by atoms with van der Waals surface area (Å²) in [6.45, 7) is 2.08. The summed E-state index contributed by atoms with van der Waals surface area (Å²) < 4.78 is 0. The van der Waals surface area contributed by atoms with Gasteiger partial charge in [-0.3, -0.25) is 10.2 Å². The van der Waals surface area contributed by atoms with E-state index in [0.717, 1.165) is 25.8 Å². The molecule has 0 bridgehead atoms. The first-order valence-electron chi connectivity index (χ1n) is 3.99. The third kappa shape index (κ3) is 2.76. The molecular formula is C7H14N2O2. The van der Waals surface area contributed by atoms with E-state index in [9.17, 15) is 4.79 Å². The maximum Gasteiger partial charge on any atom is 0.408 e. The number of nitrogens with zero attached hydrogens (tertiary/aromatic N) is 1. The first-order chi connectivity index (χ1) is 5.30. The fourth-order valence-electron chi connectivity index (χ4n) is 1.19. The molecule has 1 aliphatic heterocycles. The van der Waals surface area contributed by atoms with Gasteiger partial charge >= 0.3 is 6.09 Å². The molecule has 2 N–H and O–H groups in total. The van der Waals surface area contributed by atoms with E-state index in [1.54, 1.807) is 0 Å². The zero-order valence-corrected chi connectivity index (χ0v) is 6.55. The fourth-order valence-corrected chi connectivity index (χ4v) is 1.19. The van der Waals surface area contributed by atoms with Crippen molar-refractivity contribution >= 4 is 6.09 Å². The molecule has 0 unspecified atom stereocenters. The normalized spacial score (nSPS) is 20.5. The Kier molecular flexibility index (Phi) is 3.16. The molecule has 64 valence electrons. The first kappa shape index (κ1) is 8.33. The second-order valence-electron chi connectivity index (χ2n) is 2.76. The molecule has 1 heterocycles. The minimum absolute atomic E-state index is 0.481. The van der Waals surface area contributed by atoms with Gasteiger partial charge in [0.15, 0.2) is 0 Å². The highest BCUT2D eigenvalue weighted by Crippen LogP contribution is 2.00. The Morgan fingerprint density at radius 3 is 2.91 bits per heavy atom. The van der Waals surface area contributed by atoms with E-state index >= 15 is 0 Å². The molecule has 4 nitrogen and oxygen atoms in total. The first-order valence-corrected chi connectivity index (χ1v) is 3.99. The predicted octanol–water partition coefficient (Wildman–Crippen LogP) is 0.697. The lowest BCUT2D eigenvalue weighted by molar-refractivity contribution is 0.137. The van der Waals surface area contributed by atoms with E-state index in [0.29, 0.717) is 13.2 Å². The molecule has 0 saturated carbocycles. The van der Waals surface area contributed by atoms with Crippen LogP contribution in [0.25, 0.3) is 0 Å². The average molecular weight is 158 g/mol. The van der Waals surface area contributed by atoms with Gasteiger partial charge in [-0.1, -0.05) is 6.42 Å². The number of rotatable bonds is 0. The minimum Gasteiger partial charge on any atom is -0.465 e. The molecule has 0 spiro atoms. The number of carboxylic acid groups (broad SMARTS) is 1. The van der Waals surface area contributed by atoms with Gasteiger partial charge in [-0.05, 0) is 19.4 Å². The lowest BCUT2D eigenvalue weighted by atomic mass is 10.2. The van der Waals surface area contributed by atoms with Crippen LogP contribution in [-0.2, 0) is 0 Å². The summed E-state index contributed by atoms with van der Waals surface area (Å²) in [6, 6.07) is 0. The van der Waals surface area contributed by atoms with Crippen molar-refractivity contribution in [1.82, 2.24) is 10.2 Å². The SMILES string of the molecule is O=C(O)N1CCCCCNC1. The topological polar surface area (TPSA) is 52.6 Å². The van der Waals surface area contributed by atoms with E-state index in [4.69, 9.17) is 5.11 Å². The number of carbonyl (C=O) groups is 1. The fraction of sp³-hybridized carbons (Fsp3) is 0.857. The average Bonchev–Trinajstić information content (AvgIpc) is 1.84. The van der Waals surface area contributed by atoms with Gasteiger partial charge in [0.05, 0.1) is 6.67 Å². The lowest BCUT2D eigenvalue weighted by Crippen LogP contribution is -2.40. The van der Waals surface area contributed by atoms with E-state index in [1.807, 2.05) is 0 Å². The third-order valence-corrected chi connectivity index (χ3v) is 1.85. The second-order valence-corrected chi connectivity index (χ2v) is 2.76. The largest absolute Gasteiger partial charge is 0.465 e. The highest BCUT2D eigenvalue weighted by atomic mass is 16.4. The van der Waals surface area contributed by atoms with Crippen LogP contribution in [0.4, 0.5) is 4.79 Å². The summed E-state index contributed by atoms with van der Waals surface area (Å²) in [4.78, 5) is 11.9. The zero-order valence-electron chi connectivity index (χ0n) is 6.55. The van der Waals surface area contributed by atoms with Crippen LogP contribution in [0.15, 0.2) is 0 Å². The Morgan fingerprint density at radius 2 is 2.18 bits per heavy atom. The Labute approximate surface area is 66.2 Å². The standard InChI is InChI=1S/C7H14N2O2/c10-7(11)9-5-3-1-2-4-8-6-9/h8H,1-6H2,(H,10,11). The summed E-state index contributed by atoms with van der Waals surface area (Å²) >= 11 is 0. The molecule has 1 amide bonds. The number of hydrogen-bond donors (Lipinski definition) is 2. The van der Waals surface area contributed by atoms with Crippen LogP contribution in [0, 0.1) is 0 Å². The number of hydrogen-bond acceptors (Lipinski definition) is 2. The van der Waals surface area contributed by atoms with Gasteiger partial charge in [-0.15, -0.1) is 0 Å². The van der Waals surface area contributed by atoms with Crippen LogP contribution in [0.5, 0.6) is 0 Å². The zero-order chi connectivity index (χ0) is 8.10. The molecule has 0 atom stereocenters. The number of nitrogens with one attached hydrogen (secondary N) is 1. The molecule has 0 aromatic heterocycles. The number of amides is 1. The maximum absolute atomic E-state index is 10.5. The van der Waals surface area contributed by atoms with Crippen LogP contribution in [0.2, 0.25) is 0 Å². The predicted molar refractivity (Wildman–Crippen MR) is 41.5 cm³/mol. The van der Waals surface area contributed by atoms with Gasteiger partial charge in [-0.25, -0.2) is 4.79 Å². The summed E-state index contributed by atoms with van der Waals surface area (Å²) in [6.07, 6.45) is 2.46. The Hall–Kier alpha value is -0.770. The van der Waals surface area contributed by atoms with E-state index in [2.05, 4.69) is 5.32 Å². The minimum atomic E-state index is -0.820. The van der Waals surface area contributed by atoms with E-state index in [1.165, 1.54) is 4.90 Å². The van der Waals surface area contributed by atoms with Crippen LogP contribution in [-0.4, -0.2) is 35.9 Å². The third-order valence-electron chi connectivity index (χ3n) is 1.85. The molecule has 1 rings (SSSR count). The van der Waals surface area contributed by atoms with Crippen molar-refractivity contribution in [3.8, 4) is 0 Å². The highest BCUT2D eigenvalue weighted by molar-refractivity contribution is 5.64. The summed E-state index contributed by atoms with van der Waals surface area (Å²) in [5.41, 5.74) is 0. The van der Waals surface area contributed by atoms with Gasteiger partial charge in [0.2, 0.25) is 0 Å². The van der Waals surface area contributed by atoms with Crippen molar-refractivity contribution < 1.29 is 9.90 Å².